The van der Waals surface area contributed by atoms with E-state index in [1.165, 1.54) is 0 Å². The number of benzene rings is 1. The van der Waals surface area contributed by atoms with Crippen LogP contribution in [-0.2, 0) is 4.79 Å². The molecular weight excluding hydrogens is 270 g/mol. The molecule has 1 unspecified atom stereocenters. The van der Waals surface area contributed by atoms with Gasteiger partial charge in [0.15, 0.2) is 0 Å². The van der Waals surface area contributed by atoms with Crippen molar-refractivity contribution in [2.24, 2.45) is 0 Å². The fraction of sp³-hybridized carbons (Fsp3) is 0.333. The van der Waals surface area contributed by atoms with Crippen LogP contribution in [0.4, 0.5) is 4.79 Å². The Morgan fingerprint density at radius 2 is 2.05 bits per heavy atom. The third kappa shape index (κ3) is 3.98. The van der Waals surface area contributed by atoms with Gasteiger partial charge in [0.05, 0.1) is 18.2 Å². The second-order valence-electron chi connectivity index (χ2n) is 4.78. The minimum atomic E-state index is -0.311. The lowest BCUT2D eigenvalue weighted by Crippen LogP contribution is -2.50. The normalized spacial score (nSPS) is 17.8. The van der Waals surface area contributed by atoms with Crippen LogP contribution in [-0.4, -0.2) is 31.1 Å². The minimum absolute atomic E-state index is 0.204. The summed E-state index contributed by atoms with van der Waals surface area (Å²) >= 11 is 0. The lowest BCUT2D eigenvalue weighted by atomic mass is 10.0. The van der Waals surface area contributed by atoms with Crippen molar-refractivity contribution in [3.8, 4) is 5.75 Å². The average Bonchev–Trinajstić information content (AvgIpc) is 2.43. The van der Waals surface area contributed by atoms with Crippen molar-refractivity contribution in [3.63, 3.8) is 0 Å². The third-order valence-corrected chi connectivity index (χ3v) is 3.13. The summed E-state index contributed by atoms with van der Waals surface area (Å²) in [5.74, 6) is 0.561. The highest BCUT2D eigenvalue weighted by Gasteiger charge is 2.26. The molecule has 21 heavy (non-hydrogen) atoms. The molecule has 112 valence electrons. The Morgan fingerprint density at radius 3 is 2.71 bits per heavy atom. The van der Waals surface area contributed by atoms with Crippen molar-refractivity contribution in [3.05, 3.63) is 41.6 Å². The number of rotatable bonds is 5. The number of carbonyl (C=O) groups is 2. The number of ether oxygens (including phenoxy) is 1. The Bertz CT molecular complexity index is 555. The fourth-order valence-corrected chi connectivity index (χ4v) is 2.18. The number of urea groups is 1. The number of nitrogens with one attached hydrogen (secondary N) is 3. The summed E-state index contributed by atoms with van der Waals surface area (Å²) in [5.41, 5.74) is 1.11. The van der Waals surface area contributed by atoms with Crippen LogP contribution in [0.1, 0.15) is 13.8 Å². The molecule has 1 aliphatic rings. The highest BCUT2D eigenvalue weighted by atomic mass is 16.5. The maximum atomic E-state index is 12.1. The van der Waals surface area contributed by atoms with Crippen LogP contribution in [0, 0.1) is 0 Å². The van der Waals surface area contributed by atoms with Crippen LogP contribution < -0.4 is 20.7 Å². The fourth-order valence-electron chi connectivity index (χ4n) is 2.18. The van der Waals surface area contributed by atoms with Gasteiger partial charge in [-0.1, -0.05) is 18.2 Å². The minimum Gasteiger partial charge on any atom is -0.492 e. The first-order valence-corrected chi connectivity index (χ1v) is 6.82. The molecule has 0 radical (unpaired) electrons. The van der Waals surface area contributed by atoms with E-state index < -0.39 is 0 Å². The number of hydrogen-bond acceptors (Lipinski definition) is 3. The molecule has 2 rings (SSSR count). The molecule has 0 spiro atoms. The predicted molar refractivity (Wildman–Crippen MR) is 78.8 cm³/mol. The van der Waals surface area contributed by atoms with Gasteiger partial charge in [-0.25, -0.2) is 4.79 Å². The molecule has 0 fully saturated rings. The average molecular weight is 289 g/mol. The van der Waals surface area contributed by atoms with Gasteiger partial charge in [-0.15, -0.1) is 0 Å². The van der Waals surface area contributed by atoms with Crippen LogP contribution in [0.5, 0.6) is 5.75 Å². The van der Waals surface area contributed by atoms with Crippen molar-refractivity contribution in [2.75, 3.05) is 13.2 Å². The van der Waals surface area contributed by atoms with Crippen LogP contribution in [0.25, 0.3) is 0 Å². The highest BCUT2D eigenvalue weighted by Crippen LogP contribution is 2.11. The Hall–Kier alpha value is -2.50. The van der Waals surface area contributed by atoms with E-state index in [1.54, 1.807) is 13.8 Å². The van der Waals surface area contributed by atoms with Crippen molar-refractivity contribution in [1.82, 2.24) is 16.0 Å². The Labute approximate surface area is 123 Å². The number of para-hydroxylation sites is 1. The lowest BCUT2D eigenvalue weighted by Gasteiger charge is -2.25. The first-order valence-electron chi connectivity index (χ1n) is 6.82. The summed E-state index contributed by atoms with van der Waals surface area (Å²) in [7, 11) is 0. The molecule has 1 aromatic carbocycles. The summed E-state index contributed by atoms with van der Waals surface area (Å²) in [5, 5.41) is 8.04. The van der Waals surface area contributed by atoms with E-state index in [4.69, 9.17) is 4.74 Å². The van der Waals surface area contributed by atoms with Gasteiger partial charge >= 0.3 is 6.03 Å². The van der Waals surface area contributed by atoms with Crippen LogP contribution in [0.3, 0.4) is 0 Å². The van der Waals surface area contributed by atoms with Gasteiger partial charge in [0.25, 0.3) is 5.91 Å². The van der Waals surface area contributed by atoms with E-state index in [1.807, 2.05) is 30.3 Å². The largest absolute Gasteiger partial charge is 0.492 e. The van der Waals surface area contributed by atoms with Gasteiger partial charge in [0.2, 0.25) is 0 Å². The molecular formula is C15H19N3O3. The summed E-state index contributed by atoms with van der Waals surface area (Å²) < 4.78 is 5.50. The molecule has 6 nitrogen and oxygen atoms in total. The van der Waals surface area contributed by atoms with Crippen LogP contribution >= 0.6 is 0 Å². The number of carbonyl (C=O) groups excluding carboxylic acids is 2. The summed E-state index contributed by atoms with van der Waals surface area (Å²) in [6, 6.07) is 8.81. The van der Waals surface area contributed by atoms with Gasteiger partial charge in [-0.3, -0.25) is 4.79 Å². The topological polar surface area (TPSA) is 79.5 Å². The zero-order chi connectivity index (χ0) is 15.2. The number of hydrogen-bond donors (Lipinski definition) is 3. The van der Waals surface area contributed by atoms with E-state index in [0.717, 1.165) is 5.75 Å². The highest BCUT2D eigenvalue weighted by molar-refractivity contribution is 5.98. The molecule has 1 aliphatic heterocycles. The van der Waals surface area contributed by atoms with Gasteiger partial charge in [0.1, 0.15) is 12.4 Å². The number of amides is 3. The molecule has 3 N–H and O–H groups in total. The van der Waals surface area contributed by atoms with Crippen molar-refractivity contribution in [2.45, 2.75) is 19.9 Å². The van der Waals surface area contributed by atoms with E-state index in [9.17, 15) is 9.59 Å². The molecule has 1 heterocycles. The lowest BCUT2D eigenvalue weighted by molar-refractivity contribution is -0.118. The van der Waals surface area contributed by atoms with Crippen LogP contribution in [0.2, 0.25) is 0 Å². The molecule has 6 heteroatoms. The SMILES string of the molecule is CC1=C(C(=O)NCCOc2ccccc2)C(C)NC(=O)N1. The van der Waals surface area contributed by atoms with Crippen molar-refractivity contribution in [1.29, 1.82) is 0 Å². The third-order valence-electron chi connectivity index (χ3n) is 3.13. The van der Waals surface area contributed by atoms with E-state index >= 15 is 0 Å². The smallest absolute Gasteiger partial charge is 0.319 e. The van der Waals surface area contributed by atoms with E-state index in [0.29, 0.717) is 24.4 Å². The van der Waals surface area contributed by atoms with Crippen molar-refractivity contribution >= 4 is 11.9 Å². The van der Waals surface area contributed by atoms with Gasteiger partial charge < -0.3 is 20.7 Å². The van der Waals surface area contributed by atoms with Gasteiger partial charge in [0, 0.05) is 5.70 Å². The molecule has 0 aliphatic carbocycles. The molecule has 0 saturated carbocycles. The molecule has 0 bridgehead atoms. The monoisotopic (exact) mass is 289 g/mol. The maximum Gasteiger partial charge on any atom is 0.319 e. The van der Waals surface area contributed by atoms with E-state index in [2.05, 4.69) is 16.0 Å². The Kier molecular flexibility index (Phi) is 4.81. The second-order valence-corrected chi connectivity index (χ2v) is 4.78. The van der Waals surface area contributed by atoms with Gasteiger partial charge in [-0.2, -0.15) is 0 Å². The second kappa shape index (κ2) is 6.78. The summed E-state index contributed by atoms with van der Waals surface area (Å²) in [6.07, 6.45) is 0. The van der Waals surface area contributed by atoms with E-state index in [-0.39, 0.29) is 18.0 Å². The van der Waals surface area contributed by atoms with Crippen LogP contribution in [0.15, 0.2) is 41.6 Å². The summed E-state index contributed by atoms with van der Waals surface area (Å²) in [4.78, 5) is 23.4. The molecule has 3 amide bonds. The first kappa shape index (κ1) is 14.9. The maximum absolute atomic E-state index is 12.1. The summed E-state index contributed by atoms with van der Waals surface area (Å²) in [6.45, 7) is 4.27. The molecule has 0 saturated heterocycles. The number of allylic oxidation sites excluding steroid dienone is 1. The molecule has 1 atom stereocenters. The zero-order valence-corrected chi connectivity index (χ0v) is 12.1. The Morgan fingerprint density at radius 1 is 1.33 bits per heavy atom. The standard InChI is InChI=1S/C15H19N3O3/c1-10-13(11(2)18-15(20)17-10)14(19)16-8-9-21-12-6-4-3-5-7-12/h3-7,10H,8-9H2,1-2H3,(H,16,19)(H2,17,18,20). The predicted octanol–water partition coefficient (Wildman–Crippen LogP) is 1.16. The molecule has 0 aromatic heterocycles. The molecule has 1 aromatic rings. The Balaban J connectivity index is 1.82. The zero-order valence-electron chi connectivity index (χ0n) is 12.1. The van der Waals surface area contributed by atoms with Gasteiger partial charge in [-0.05, 0) is 26.0 Å². The first-order chi connectivity index (χ1) is 10.1. The van der Waals surface area contributed by atoms with Crippen molar-refractivity contribution < 1.29 is 14.3 Å². The quantitative estimate of drug-likeness (QED) is 0.712.